The Hall–Kier alpha value is -0.700. The first-order valence-corrected chi connectivity index (χ1v) is 6.71. The number of rotatable bonds is 3. The van der Waals surface area contributed by atoms with E-state index in [4.69, 9.17) is 16.3 Å². The molecule has 1 fully saturated rings. The van der Waals surface area contributed by atoms with Crippen molar-refractivity contribution in [3.8, 4) is 5.75 Å². The SMILES string of the molecule is CC(C)(C)Cn1ncc(OC2CCCC2)c1Cl. The maximum absolute atomic E-state index is 6.28. The summed E-state index contributed by atoms with van der Waals surface area (Å²) >= 11 is 6.28. The van der Waals surface area contributed by atoms with Gasteiger partial charge in [0.1, 0.15) is 0 Å². The van der Waals surface area contributed by atoms with E-state index in [1.54, 1.807) is 6.20 Å². The van der Waals surface area contributed by atoms with Crippen LogP contribution in [0.2, 0.25) is 5.15 Å². The van der Waals surface area contributed by atoms with Crippen molar-refractivity contribution in [2.24, 2.45) is 5.41 Å². The van der Waals surface area contributed by atoms with Gasteiger partial charge in [0, 0.05) is 6.54 Å². The van der Waals surface area contributed by atoms with Crippen LogP contribution in [0, 0.1) is 5.41 Å². The first-order chi connectivity index (χ1) is 7.96. The van der Waals surface area contributed by atoms with E-state index in [9.17, 15) is 0 Å². The summed E-state index contributed by atoms with van der Waals surface area (Å²) in [4.78, 5) is 0. The molecule has 3 nitrogen and oxygen atoms in total. The molecule has 1 saturated carbocycles. The van der Waals surface area contributed by atoms with Gasteiger partial charge in [0.05, 0.1) is 12.3 Å². The first-order valence-electron chi connectivity index (χ1n) is 6.34. The van der Waals surface area contributed by atoms with Gasteiger partial charge >= 0.3 is 0 Å². The minimum Gasteiger partial charge on any atom is -0.486 e. The second-order valence-electron chi connectivity index (χ2n) is 6.04. The second kappa shape index (κ2) is 4.89. The molecule has 0 aromatic carbocycles. The molecule has 0 amide bonds. The zero-order valence-corrected chi connectivity index (χ0v) is 11.6. The average molecular weight is 257 g/mol. The summed E-state index contributed by atoms with van der Waals surface area (Å²) in [6, 6.07) is 0. The summed E-state index contributed by atoms with van der Waals surface area (Å²) in [6.07, 6.45) is 6.88. The van der Waals surface area contributed by atoms with Gasteiger partial charge in [-0.25, -0.2) is 4.68 Å². The summed E-state index contributed by atoms with van der Waals surface area (Å²) in [5, 5.41) is 4.93. The van der Waals surface area contributed by atoms with Crippen LogP contribution in [0.1, 0.15) is 46.5 Å². The van der Waals surface area contributed by atoms with Crippen LogP contribution >= 0.6 is 11.6 Å². The van der Waals surface area contributed by atoms with Crippen LogP contribution in [0.25, 0.3) is 0 Å². The van der Waals surface area contributed by atoms with E-state index in [2.05, 4.69) is 25.9 Å². The Balaban J connectivity index is 2.04. The normalized spacial score (nSPS) is 17.6. The molecule has 17 heavy (non-hydrogen) atoms. The second-order valence-corrected chi connectivity index (χ2v) is 6.40. The van der Waals surface area contributed by atoms with Crippen LogP contribution in [0.4, 0.5) is 0 Å². The lowest BCUT2D eigenvalue weighted by Crippen LogP contribution is -2.16. The molecule has 0 saturated heterocycles. The Bertz CT molecular complexity index is 375. The Morgan fingerprint density at radius 2 is 2.06 bits per heavy atom. The topological polar surface area (TPSA) is 27.1 Å². The van der Waals surface area contributed by atoms with Gasteiger partial charge in [-0.05, 0) is 31.1 Å². The van der Waals surface area contributed by atoms with Crippen LogP contribution in [0.3, 0.4) is 0 Å². The Labute approximate surface area is 108 Å². The molecule has 0 unspecified atom stereocenters. The standard InChI is InChI=1S/C13H21ClN2O/c1-13(2,3)9-16-12(14)11(8-15-16)17-10-6-4-5-7-10/h8,10H,4-7,9H2,1-3H3. The van der Waals surface area contributed by atoms with Crippen LogP contribution < -0.4 is 4.74 Å². The number of hydrogen-bond donors (Lipinski definition) is 0. The third-order valence-corrected chi connectivity index (χ3v) is 3.35. The monoisotopic (exact) mass is 256 g/mol. The van der Waals surface area contributed by atoms with E-state index in [1.165, 1.54) is 12.8 Å². The Kier molecular flexibility index (Phi) is 3.67. The smallest absolute Gasteiger partial charge is 0.176 e. The van der Waals surface area contributed by atoms with Crippen molar-refractivity contribution >= 4 is 11.6 Å². The van der Waals surface area contributed by atoms with Gasteiger partial charge < -0.3 is 4.74 Å². The van der Waals surface area contributed by atoms with E-state index >= 15 is 0 Å². The Morgan fingerprint density at radius 1 is 1.41 bits per heavy atom. The summed E-state index contributed by atoms with van der Waals surface area (Å²) in [7, 11) is 0. The van der Waals surface area contributed by atoms with Gasteiger partial charge in [0.25, 0.3) is 0 Å². The maximum atomic E-state index is 6.28. The highest BCUT2D eigenvalue weighted by molar-refractivity contribution is 6.31. The third kappa shape index (κ3) is 3.38. The highest BCUT2D eigenvalue weighted by Gasteiger charge is 2.21. The summed E-state index contributed by atoms with van der Waals surface area (Å²) in [6.45, 7) is 7.31. The fourth-order valence-corrected chi connectivity index (χ4v) is 2.37. The average Bonchev–Trinajstić information content (AvgIpc) is 2.81. The molecule has 96 valence electrons. The molecule has 0 radical (unpaired) electrons. The van der Waals surface area contributed by atoms with Crippen LogP contribution in [0.15, 0.2) is 6.20 Å². The lowest BCUT2D eigenvalue weighted by Gasteiger charge is -2.18. The van der Waals surface area contributed by atoms with Crippen molar-refractivity contribution in [1.29, 1.82) is 0 Å². The van der Waals surface area contributed by atoms with Gasteiger partial charge in [0.15, 0.2) is 10.9 Å². The van der Waals surface area contributed by atoms with Crippen molar-refractivity contribution in [3.63, 3.8) is 0 Å². The highest BCUT2D eigenvalue weighted by atomic mass is 35.5. The highest BCUT2D eigenvalue weighted by Crippen LogP contribution is 2.30. The van der Waals surface area contributed by atoms with Crippen LogP contribution in [-0.2, 0) is 6.54 Å². The number of halogens is 1. The zero-order chi connectivity index (χ0) is 12.5. The van der Waals surface area contributed by atoms with Crippen molar-refractivity contribution in [3.05, 3.63) is 11.3 Å². The van der Waals surface area contributed by atoms with Gasteiger partial charge in [-0.1, -0.05) is 32.4 Å². The minimum atomic E-state index is 0.167. The molecule has 1 heterocycles. The summed E-state index contributed by atoms with van der Waals surface area (Å²) < 4.78 is 7.71. The summed E-state index contributed by atoms with van der Waals surface area (Å²) in [5.74, 6) is 0.739. The quantitative estimate of drug-likeness (QED) is 0.820. The molecular formula is C13H21ClN2O. The van der Waals surface area contributed by atoms with Crippen molar-refractivity contribution < 1.29 is 4.74 Å². The van der Waals surface area contributed by atoms with Crippen molar-refractivity contribution in [2.75, 3.05) is 0 Å². The number of nitrogens with zero attached hydrogens (tertiary/aromatic N) is 2. The molecule has 1 aromatic rings. The molecule has 0 bridgehead atoms. The largest absolute Gasteiger partial charge is 0.486 e. The van der Waals surface area contributed by atoms with Crippen molar-refractivity contribution in [2.45, 2.75) is 59.1 Å². The number of hydrogen-bond acceptors (Lipinski definition) is 2. The summed E-state index contributed by atoms with van der Waals surface area (Å²) in [5.41, 5.74) is 0.167. The van der Waals surface area contributed by atoms with E-state index in [1.807, 2.05) is 4.68 Å². The van der Waals surface area contributed by atoms with E-state index < -0.39 is 0 Å². The molecule has 1 aliphatic carbocycles. The van der Waals surface area contributed by atoms with Gasteiger partial charge in [-0.3, -0.25) is 0 Å². The number of aromatic nitrogens is 2. The van der Waals surface area contributed by atoms with E-state index in [0.717, 1.165) is 25.1 Å². The van der Waals surface area contributed by atoms with Gasteiger partial charge in [-0.15, -0.1) is 0 Å². The van der Waals surface area contributed by atoms with Gasteiger partial charge in [0.2, 0.25) is 0 Å². The molecule has 1 aliphatic rings. The molecule has 0 spiro atoms. The first kappa shape index (κ1) is 12.7. The number of ether oxygens (including phenoxy) is 1. The molecule has 0 aliphatic heterocycles. The van der Waals surface area contributed by atoms with E-state index in [-0.39, 0.29) is 5.41 Å². The maximum Gasteiger partial charge on any atom is 0.176 e. The molecule has 0 atom stereocenters. The lowest BCUT2D eigenvalue weighted by atomic mass is 9.97. The molecule has 4 heteroatoms. The molecule has 2 rings (SSSR count). The van der Waals surface area contributed by atoms with Gasteiger partial charge in [-0.2, -0.15) is 5.10 Å². The lowest BCUT2D eigenvalue weighted by molar-refractivity contribution is 0.209. The van der Waals surface area contributed by atoms with Crippen molar-refractivity contribution in [1.82, 2.24) is 9.78 Å². The fraction of sp³-hybridized carbons (Fsp3) is 0.769. The molecule has 1 aromatic heterocycles. The molecular weight excluding hydrogens is 236 g/mol. The predicted octanol–water partition coefficient (Wildman–Crippen LogP) is 3.90. The van der Waals surface area contributed by atoms with Crippen LogP contribution in [0.5, 0.6) is 5.75 Å². The Morgan fingerprint density at radius 3 is 2.65 bits per heavy atom. The fourth-order valence-electron chi connectivity index (χ4n) is 2.18. The van der Waals surface area contributed by atoms with E-state index in [0.29, 0.717) is 11.3 Å². The third-order valence-electron chi connectivity index (χ3n) is 2.96. The minimum absolute atomic E-state index is 0.167. The zero-order valence-electron chi connectivity index (χ0n) is 10.9. The molecule has 0 N–H and O–H groups in total. The van der Waals surface area contributed by atoms with Crippen LogP contribution in [-0.4, -0.2) is 15.9 Å². The predicted molar refractivity (Wildman–Crippen MR) is 69.6 cm³/mol.